The minimum atomic E-state index is -0.530. The van der Waals surface area contributed by atoms with Gasteiger partial charge in [0.15, 0.2) is 0 Å². The maximum Gasteiger partial charge on any atom is 0.131 e. The smallest absolute Gasteiger partial charge is 0.131 e. The van der Waals surface area contributed by atoms with E-state index in [4.69, 9.17) is 11.5 Å². The van der Waals surface area contributed by atoms with E-state index in [9.17, 15) is 0 Å². The number of nitrogen functional groups attached to an aromatic ring is 1. The maximum absolute atomic E-state index is 6.50. The van der Waals surface area contributed by atoms with Gasteiger partial charge in [-0.05, 0) is 31.5 Å². The molecule has 1 aromatic rings. The highest BCUT2D eigenvalue weighted by Gasteiger charge is 2.34. The number of rotatable bonds is 1. The van der Waals surface area contributed by atoms with Crippen molar-refractivity contribution in [2.45, 2.75) is 18.5 Å². The number of anilines is 1. The van der Waals surface area contributed by atoms with Gasteiger partial charge in [-0.25, -0.2) is 4.98 Å². The third-order valence-corrected chi connectivity index (χ3v) is 3.89. The molecule has 3 rings (SSSR count). The molecule has 5 nitrogen and oxygen atoms in total. The zero-order valence-corrected chi connectivity index (χ0v) is 10.3. The lowest BCUT2D eigenvalue weighted by Crippen LogP contribution is -2.62. The van der Waals surface area contributed by atoms with Gasteiger partial charge in [-0.3, -0.25) is 0 Å². The fourth-order valence-electron chi connectivity index (χ4n) is 2.77. The number of hydrogen-bond acceptors (Lipinski definition) is 5. The van der Waals surface area contributed by atoms with Crippen molar-refractivity contribution in [2.24, 2.45) is 11.7 Å². The molecule has 1 saturated heterocycles. The summed E-state index contributed by atoms with van der Waals surface area (Å²) in [5.74, 6) is 0.916. The molecule has 0 aromatic carbocycles. The summed E-state index contributed by atoms with van der Waals surface area (Å²) in [5.41, 5.74) is 11.9. The number of piperidine rings is 1. The van der Waals surface area contributed by atoms with E-state index in [1.54, 1.807) is 6.20 Å². The second-order valence-electron chi connectivity index (χ2n) is 5.11. The number of hydrogen-bond donors (Lipinski definition) is 4. The van der Waals surface area contributed by atoms with Crippen LogP contribution in [0, 0.1) is 5.92 Å². The van der Waals surface area contributed by atoms with Gasteiger partial charge in [0.05, 0.1) is 0 Å². The van der Waals surface area contributed by atoms with E-state index in [0.717, 1.165) is 36.4 Å². The van der Waals surface area contributed by atoms with Gasteiger partial charge in [-0.1, -0.05) is 0 Å². The Labute approximate surface area is 106 Å². The topological polar surface area (TPSA) is 89.0 Å². The lowest BCUT2D eigenvalue weighted by Gasteiger charge is -2.39. The van der Waals surface area contributed by atoms with Gasteiger partial charge in [-0.2, -0.15) is 0 Å². The Kier molecular flexibility index (Phi) is 2.72. The first-order valence-corrected chi connectivity index (χ1v) is 6.40. The summed E-state index contributed by atoms with van der Waals surface area (Å²) in [6.45, 7) is 2.01. The second kappa shape index (κ2) is 4.26. The predicted octanol–water partition coefficient (Wildman–Crippen LogP) is -1.56. The van der Waals surface area contributed by atoms with Crippen LogP contribution in [0.15, 0.2) is 12.3 Å². The van der Waals surface area contributed by atoms with Crippen LogP contribution in [0.2, 0.25) is 0 Å². The Bertz CT molecular complexity index is 561. The molecule has 96 valence electrons. The Morgan fingerprint density at radius 2 is 2.33 bits per heavy atom. The molecular formula is C13H19N5. The fourth-order valence-corrected chi connectivity index (χ4v) is 2.77. The highest BCUT2D eigenvalue weighted by atomic mass is 15.1. The monoisotopic (exact) mass is 245 g/mol. The standard InChI is InChI=1S/C13H19N5/c14-12-11-6-13(15,10-2-1-4-16-8-10)18-7-9(11)3-5-17-12/h3,5-7,10,16,18H,1-2,4,8,15H2,(H2,14,17). The van der Waals surface area contributed by atoms with E-state index >= 15 is 0 Å². The van der Waals surface area contributed by atoms with Gasteiger partial charge >= 0.3 is 0 Å². The Morgan fingerprint density at radius 3 is 3.11 bits per heavy atom. The molecule has 2 aliphatic rings. The first-order chi connectivity index (χ1) is 8.69. The molecule has 1 aromatic heterocycles. The largest absolute Gasteiger partial charge is 0.383 e. The zero-order valence-electron chi connectivity index (χ0n) is 10.3. The lowest BCUT2D eigenvalue weighted by atomic mass is 9.85. The minimum absolute atomic E-state index is 0.371. The van der Waals surface area contributed by atoms with E-state index in [1.807, 2.05) is 18.3 Å². The second-order valence-corrected chi connectivity index (χ2v) is 5.11. The van der Waals surface area contributed by atoms with Gasteiger partial charge in [0.2, 0.25) is 0 Å². The van der Waals surface area contributed by atoms with E-state index in [0.29, 0.717) is 11.7 Å². The average Bonchev–Trinajstić information content (AvgIpc) is 2.41. The van der Waals surface area contributed by atoms with Crippen LogP contribution < -0.4 is 32.5 Å². The van der Waals surface area contributed by atoms with Crippen LogP contribution in [-0.2, 0) is 0 Å². The van der Waals surface area contributed by atoms with Crippen molar-refractivity contribution in [2.75, 3.05) is 18.8 Å². The van der Waals surface area contributed by atoms with Crippen molar-refractivity contribution in [1.29, 1.82) is 0 Å². The minimum Gasteiger partial charge on any atom is -0.383 e. The molecule has 0 spiro atoms. The number of nitrogens with zero attached hydrogens (tertiary/aromatic N) is 1. The lowest BCUT2D eigenvalue weighted by molar-refractivity contribution is 0.260. The van der Waals surface area contributed by atoms with E-state index in [-0.39, 0.29) is 0 Å². The van der Waals surface area contributed by atoms with Crippen LogP contribution in [0.25, 0.3) is 12.3 Å². The first kappa shape index (κ1) is 11.5. The molecule has 0 saturated carbocycles. The van der Waals surface area contributed by atoms with Crippen LogP contribution >= 0.6 is 0 Å². The third-order valence-electron chi connectivity index (χ3n) is 3.89. The summed E-state index contributed by atoms with van der Waals surface area (Å²) >= 11 is 0. The third kappa shape index (κ3) is 1.85. The first-order valence-electron chi connectivity index (χ1n) is 6.40. The highest BCUT2D eigenvalue weighted by Crippen LogP contribution is 2.22. The van der Waals surface area contributed by atoms with Crippen molar-refractivity contribution in [3.8, 4) is 0 Å². The number of fused-ring (bicyclic) bond motifs is 1. The Morgan fingerprint density at radius 1 is 1.44 bits per heavy atom. The summed E-state index contributed by atoms with van der Waals surface area (Å²) < 4.78 is 0. The van der Waals surface area contributed by atoms with Gasteiger partial charge in [0.25, 0.3) is 0 Å². The molecule has 2 unspecified atom stereocenters. The van der Waals surface area contributed by atoms with E-state index < -0.39 is 5.66 Å². The molecular weight excluding hydrogens is 226 g/mol. The highest BCUT2D eigenvalue weighted by molar-refractivity contribution is 5.52. The number of nitrogens with one attached hydrogen (secondary N) is 2. The summed E-state index contributed by atoms with van der Waals surface area (Å²) in [5, 5.41) is 8.71. The molecule has 2 aliphatic heterocycles. The van der Waals surface area contributed by atoms with Gasteiger partial charge < -0.3 is 22.1 Å². The summed E-state index contributed by atoms with van der Waals surface area (Å²) in [6.07, 6.45) is 7.97. The van der Waals surface area contributed by atoms with Crippen LogP contribution in [0.1, 0.15) is 12.8 Å². The van der Waals surface area contributed by atoms with Crippen molar-refractivity contribution in [3.63, 3.8) is 0 Å². The molecule has 1 fully saturated rings. The van der Waals surface area contributed by atoms with Crippen LogP contribution in [-0.4, -0.2) is 23.7 Å². The fraction of sp³-hybridized carbons (Fsp3) is 0.462. The predicted molar refractivity (Wildman–Crippen MR) is 72.5 cm³/mol. The molecule has 3 heterocycles. The molecule has 6 N–H and O–H groups in total. The van der Waals surface area contributed by atoms with Gasteiger partial charge in [0, 0.05) is 35.3 Å². The zero-order chi connectivity index (χ0) is 12.6. The number of pyridine rings is 1. The molecule has 0 aliphatic carbocycles. The molecule has 5 heteroatoms. The quantitative estimate of drug-likeness (QED) is 0.480. The molecule has 0 amide bonds. The molecule has 18 heavy (non-hydrogen) atoms. The van der Waals surface area contributed by atoms with Crippen molar-refractivity contribution < 1.29 is 0 Å². The summed E-state index contributed by atoms with van der Waals surface area (Å²) in [4.78, 5) is 4.13. The van der Waals surface area contributed by atoms with Crippen LogP contribution in [0.3, 0.4) is 0 Å². The summed E-state index contributed by atoms with van der Waals surface area (Å²) in [7, 11) is 0. The van der Waals surface area contributed by atoms with Crippen LogP contribution in [0.5, 0.6) is 0 Å². The number of aromatic nitrogens is 1. The van der Waals surface area contributed by atoms with Gasteiger partial charge in [-0.15, -0.1) is 0 Å². The Balaban J connectivity index is 2.03. The van der Waals surface area contributed by atoms with Crippen molar-refractivity contribution in [1.82, 2.24) is 15.6 Å². The van der Waals surface area contributed by atoms with Crippen molar-refractivity contribution >= 4 is 18.1 Å². The van der Waals surface area contributed by atoms with E-state index in [2.05, 4.69) is 15.6 Å². The summed E-state index contributed by atoms with van der Waals surface area (Å²) in [6, 6.07) is 1.94. The van der Waals surface area contributed by atoms with Crippen molar-refractivity contribution in [3.05, 3.63) is 22.7 Å². The normalized spacial score (nSPS) is 30.6. The molecule has 2 atom stereocenters. The SMILES string of the molecule is Nc1nccc2c1=CC(N)(C1CCCNC1)NC=2. The average molecular weight is 245 g/mol. The van der Waals surface area contributed by atoms with Crippen LogP contribution in [0.4, 0.5) is 5.82 Å². The Hall–Kier alpha value is -1.59. The maximum atomic E-state index is 6.50. The van der Waals surface area contributed by atoms with Gasteiger partial charge in [0.1, 0.15) is 11.5 Å². The molecule has 0 radical (unpaired) electrons. The van der Waals surface area contributed by atoms with E-state index in [1.165, 1.54) is 0 Å². The molecule has 0 bridgehead atoms. The number of nitrogens with two attached hydrogens (primary N) is 2.